The Morgan fingerprint density at radius 3 is 2.71 bits per heavy atom. The van der Waals surface area contributed by atoms with Gasteiger partial charge in [0.05, 0.1) is 0 Å². The molecule has 0 saturated carbocycles. The molecule has 1 amide bonds. The fraction of sp³-hybridized carbons (Fsp3) is 0.235. The maximum atomic E-state index is 13.5. The summed E-state index contributed by atoms with van der Waals surface area (Å²) in [4.78, 5) is 12.3. The molecule has 1 aromatic carbocycles. The van der Waals surface area contributed by atoms with Crippen LogP contribution < -0.4 is 5.32 Å². The smallest absolute Gasteiger partial charge is 0.321 e. The molecule has 1 aliphatic rings. The third-order valence-corrected chi connectivity index (χ3v) is 4.93. The normalized spacial score (nSPS) is 17.0. The van der Waals surface area contributed by atoms with Crippen molar-refractivity contribution < 1.29 is 18.0 Å². The van der Waals surface area contributed by atoms with Gasteiger partial charge in [0.2, 0.25) is 0 Å². The molecule has 2 aromatic rings. The first-order valence-electron chi connectivity index (χ1n) is 7.22. The van der Waals surface area contributed by atoms with Gasteiger partial charge in [-0.3, -0.25) is 4.79 Å². The van der Waals surface area contributed by atoms with E-state index in [-0.39, 0.29) is 10.5 Å². The lowest BCUT2D eigenvalue weighted by molar-refractivity contribution is -0.138. The number of nitrogens with one attached hydrogen (secondary N) is 1. The van der Waals surface area contributed by atoms with Crippen LogP contribution in [0.3, 0.4) is 0 Å². The highest BCUT2D eigenvalue weighted by atomic mass is 35.5. The van der Waals surface area contributed by atoms with Gasteiger partial charge in [0.25, 0.3) is 5.91 Å². The summed E-state index contributed by atoms with van der Waals surface area (Å²) in [5, 5.41) is 4.21. The van der Waals surface area contributed by atoms with Crippen LogP contribution in [0.25, 0.3) is 5.57 Å². The quantitative estimate of drug-likeness (QED) is 0.580. The van der Waals surface area contributed by atoms with Crippen molar-refractivity contribution in [3.05, 3.63) is 57.8 Å². The molecule has 1 aromatic heterocycles. The summed E-state index contributed by atoms with van der Waals surface area (Å²) < 4.78 is 40.4. The molecule has 0 spiro atoms. The summed E-state index contributed by atoms with van der Waals surface area (Å²) in [7, 11) is 0. The summed E-state index contributed by atoms with van der Waals surface area (Å²) in [6.45, 7) is 0. The number of halogens is 4. The van der Waals surface area contributed by atoms with E-state index in [9.17, 15) is 18.0 Å². The SMILES string of the molecule is O=C1Nc2ccc(CCCl)cc2C1=CC(c1cccs1)C(F)(F)F. The highest BCUT2D eigenvalue weighted by Crippen LogP contribution is 2.42. The van der Waals surface area contributed by atoms with Gasteiger partial charge in [-0.05, 0) is 35.6 Å². The van der Waals surface area contributed by atoms with Crippen molar-refractivity contribution >= 4 is 40.1 Å². The Labute approximate surface area is 145 Å². The number of anilines is 1. The molecule has 1 unspecified atom stereocenters. The van der Waals surface area contributed by atoms with Crippen molar-refractivity contribution in [1.29, 1.82) is 0 Å². The van der Waals surface area contributed by atoms with E-state index in [1.165, 1.54) is 6.07 Å². The van der Waals surface area contributed by atoms with Gasteiger partial charge >= 0.3 is 6.18 Å². The zero-order valence-corrected chi connectivity index (χ0v) is 13.9. The van der Waals surface area contributed by atoms with Gasteiger partial charge in [-0.2, -0.15) is 13.2 Å². The topological polar surface area (TPSA) is 29.1 Å². The van der Waals surface area contributed by atoms with E-state index in [4.69, 9.17) is 11.6 Å². The Morgan fingerprint density at radius 2 is 2.08 bits per heavy atom. The number of aryl methyl sites for hydroxylation is 1. The first-order chi connectivity index (χ1) is 11.4. The highest BCUT2D eigenvalue weighted by molar-refractivity contribution is 7.10. The Morgan fingerprint density at radius 1 is 1.29 bits per heavy atom. The van der Waals surface area contributed by atoms with Crippen LogP contribution in [-0.4, -0.2) is 18.0 Å². The molecular formula is C17H13ClF3NOS. The van der Waals surface area contributed by atoms with Crippen LogP contribution in [0.5, 0.6) is 0 Å². The van der Waals surface area contributed by atoms with Crippen LogP contribution in [0.15, 0.2) is 41.8 Å². The number of rotatable bonds is 4. The second-order valence-electron chi connectivity index (χ2n) is 5.39. The standard InChI is InChI=1S/C17H13ClF3NOS/c18-6-5-10-3-4-14-11(8-10)12(16(23)22-14)9-13(17(19,20)21)15-2-1-7-24-15/h1-4,7-9,13H,5-6H2,(H,22,23). The zero-order chi connectivity index (χ0) is 17.3. The maximum Gasteiger partial charge on any atom is 0.399 e. The molecule has 126 valence electrons. The van der Waals surface area contributed by atoms with Crippen molar-refractivity contribution in [2.24, 2.45) is 0 Å². The predicted octanol–water partition coefficient (Wildman–Crippen LogP) is 5.21. The third-order valence-electron chi connectivity index (χ3n) is 3.79. The maximum absolute atomic E-state index is 13.5. The van der Waals surface area contributed by atoms with Crippen molar-refractivity contribution in [3.8, 4) is 0 Å². The second kappa shape index (κ2) is 6.61. The van der Waals surface area contributed by atoms with E-state index in [1.54, 1.807) is 23.6 Å². The Balaban J connectivity index is 2.06. The molecule has 3 rings (SSSR count). The molecule has 1 atom stereocenters. The predicted molar refractivity (Wildman–Crippen MR) is 90.6 cm³/mol. The van der Waals surface area contributed by atoms with E-state index in [0.717, 1.165) is 23.0 Å². The lowest BCUT2D eigenvalue weighted by Gasteiger charge is -2.16. The van der Waals surface area contributed by atoms with Crippen LogP contribution in [0.4, 0.5) is 18.9 Å². The molecule has 7 heteroatoms. The fourth-order valence-electron chi connectivity index (χ4n) is 2.64. The molecule has 0 aliphatic carbocycles. The van der Waals surface area contributed by atoms with Gasteiger partial charge in [0, 0.05) is 27.6 Å². The van der Waals surface area contributed by atoms with Crippen molar-refractivity contribution in [2.75, 3.05) is 11.2 Å². The number of allylic oxidation sites excluding steroid dienone is 1. The number of amides is 1. The average Bonchev–Trinajstić information content (AvgIpc) is 3.11. The average molecular weight is 372 g/mol. The van der Waals surface area contributed by atoms with Crippen LogP contribution >= 0.6 is 22.9 Å². The van der Waals surface area contributed by atoms with E-state index < -0.39 is 18.0 Å². The second-order valence-corrected chi connectivity index (χ2v) is 6.75. The molecule has 0 radical (unpaired) electrons. The molecule has 2 heterocycles. The monoisotopic (exact) mass is 371 g/mol. The van der Waals surface area contributed by atoms with E-state index >= 15 is 0 Å². The molecule has 2 nitrogen and oxygen atoms in total. The molecule has 1 N–H and O–H groups in total. The minimum absolute atomic E-state index is 0.0529. The Bertz CT molecular complexity index is 784. The highest BCUT2D eigenvalue weighted by Gasteiger charge is 2.41. The summed E-state index contributed by atoms with van der Waals surface area (Å²) in [5.74, 6) is -1.92. The van der Waals surface area contributed by atoms with Crippen molar-refractivity contribution in [2.45, 2.75) is 18.5 Å². The number of alkyl halides is 4. The fourth-order valence-corrected chi connectivity index (χ4v) is 3.68. The number of hydrogen-bond acceptors (Lipinski definition) is 2. The van der Waals surface area contributed by atoms with Crippen LogP contribution in [0.1, 0.15) is 21.9 Å². The van der Waals surface area contributed by atoms with Gasteiger partial charge in [-0.1, -0.05) is 18.2 Å². The third kappa shape index (κ3) is 3.35. The minimum Gasteiger partial charge on any atom is -0.321 e. The summed E-state index contributed by atoms with van der Waals surface area (Å²) >= 11 is 6.74. The largest absolute Gasteiger partial charge is 0.399 e. The minimum atomic E-state index is -4.46. The zero-order valence-electron chi connectivity index (χ0n) is 12.4. The van der Waals surface area contributed by atoms with Gasteiger partial charge in [-0.25, -0.2) is 0 Å². The molecule has 24 heavy (non-hydrogen) atoms. The Kier molecular flexibility index (Phi) is 4.69. The number of carbonyl (C=O) groups is 1. The Hall–Kier alpha value is -1.79. The van der Waals surface area contributed by atoms with Crippen LogP contribution in [0, 0.1) is 0 Å². The lowest BCUT2D eigenvalue weighted by Crippen LogP contribution is -2.19. The summed E-state index contributed by atoms with van der Waals surface area (Å²) in [5.41, 5.74) is 1.95. The summed E-state index contributed by atoms with van der Waals surface area (Å²) in [6.07, 6.45) is -2.87. The van der Waals surface area contributed by atoms with Crippen molar-refractivity contribution in [1.82, 2.24) is 0 Å². The molecular weight excluding hydrogens is 359 g/mol. The van der Waals surface area contributed by atoms with Gasteiger partial charge in [0.1, 0.15) is 5.92 Å². The van der Waals surface area contributed by atoms with E-state index in [0.29, 0.717) is 23.6 Å². The van der Waals surface area contributed by atoms with Gasteiger partial charge in [0.15, 0.2) is 0 Å². The number of benzene rings is 1. The number of carbonyl (C=O) groups excluding carboxylic acids is 1. The number of hydrogen-bond donors (Lipinski definition) is 1. The van der Waals surface area contributed by atoms with Gasteiger partial charge in [-0.15, -0.1) is 22.9 Å². The number of fused-ring (bicyclic) bond motifs is 1. The van der Waals surface area contributed by atoms with E-state index in [2.05, 4.69) is 5.32 Å². The van der Waals surface area contributed by atoms with Crippen LogP contribution in [-0.2, 0) is 11.2 Å². The molecule has 0 fully saturated rings. The molecule has 0 bridgehead atoms. The lowest BCUT2D eigenvalue weighted by atomic mass is 9.97. The first-order valence-corrected chi connectivity index (χ1v) is 8.64. The van der Waals surface area contributed by atoms with Gasteiger partial charge < -0.3 is 5.32 Å². The summed E-state index contributed by atoms with van der Waals surface area (Å²) in [6, 6.07) is 8.23. The van der Waals surface area contributed by atoms with E-state index in [1.807, 2.05) is 6.07 Å². The number of thiophene rings is 1. The first kappa shape index (κ1) is 17.0. The molecule has 0 saturated heterocycles. The molecule has 1 aliphatic heterocycles. The van der Waals surface area contributed by atoms with Crippen LogP contribution in [0.2, 0.25) is 0 Å². The van der Waals surface area contributed by atoms with Crippen molar-refractivity contribution in [3.63, 3.8) is 0 Å².